The van der Waals surface area contributed by atoms with Crippen LogP contribution in [0.15, 0.2) is 40.5 Å². The number of nitro groups is 1. The molecule has 1 heterocycles. The number of rotatable bonds is 12. The monoisotopic (exact) mass is 491 g/mol. The summed E-state index contributed by atoms with van der Waals surface area (Å²) in [5.41, 5.74) is 1.61. The first-order chi connectivity index (χ1) is 16.3. The van der Waals surface area contributed by atoms with E-state index in [2.05, 4.69) is 23.7 Å². The van der Waals surface area contributed by atoms with E-state index >= 15 is 0 Å². The largest absolute Gasteiger partial charge is 0.465 e. The summed E-state index contributed by atoms with van der Waals surface area (Å²) in [7, 11) is 0. The molecule has 0 radical (unpaired) electrons. The smallest absolute Gasteiger partial charge is 0.336 e. The summed E-state index contributed by atoms with van der Waals surface area (Å²) >= 11 is 1.61. The Morgan fingerprint density at radius 2 is 1.82 bits per heavy atom. The number of hydrogen-bond donors (Lipinski definition) is 0. The molecule has 186 valence electrons. The van der Waals surface area contributed by atoms with Crippen LogP contribution in [0.4, 0.5) is 5.69 Å². The maximum Gasteiger partial charge on any atom is 0.336 e. The second-order valence-corrected chi connectivity index (χ2v) is 8.63. The SMILES string of the molecule is CCOC(=O)C1=C(CSCN(CC)CC)N=C(C)C(C(=O)OCC)C1c1cccc([N+](=O)[O-])c1. The Morgan fingerprint density at radius 1 is 1.15 bits per heavy atom. The highest BCUT2D eigenvalue weighted by Crippen LogP contribution is 2.41. The van der Waals surface area contributed by atoms with E-state index in [1.807, 2.05) is 0 Å². The molecule has 10 heteroatoms. The topological polar surface area (TPSA) is 111 Å². The summed E-state index contributed by atoms with van der Waals surface area (Å²) in [6, 6.07) is 6.01. The molecule has 2 rings (SSSR count). The van der Waals surface area contributed by atoms with Crippen LogP contribution in [0, 0.1) is 16.0 Å². The van der Waals surface area contributed by atoms with Crippen molar-refractivity contribution in [2.75, 3.05) is 37.9 Å². The molecule has 0 fully saturated rings. The van der Waals surface area contributed by atoms with Crippen molar-refractivity contribution in [2.45, 2.75) is 40.5 Å². The van der Waals surface area contributed by atoms with Gasteiger partial charge in [-0.25, -0.2) is 4.79 Å². The Bertz CT molecular complexity index is 958. The summed E-state index contributed by atoms with van der Waals surface area (Å²) in [4.78, 5) is 44.0. The number of carbonyl (C=O) groups is 2. The Balaban J connectivity index is 2.63. The minimum absolute atomic E-state index is 0.124. The summed E-state index contributed by atoms with van der Waals surface area (Å²) in [6.45, 7) is 11.4. The van der Waals surface area contributed by atoms with E-state index < -0.39 is 28.7 Å². The first kappa shape index (κ1) is 27.5. The molecule has 0 amide bonds. The quantitative estimate of drug-likeness (QED) is 0.185. The van der Waals surface area contributed by atoms with Gasteiger partial charge in [0.25, 0.3) is 5.69 Å². The molecule has 1 aromatic rings. The van der Waals surface area contributed by atoms with E-state index in [0.29, 0.717) is 22.7 Å². The molecular formula is C24H33N3O6S. The van der Waals surface area contributed by atoms with E-state index in [1.54, 1.807) is 44.7 Å². The lowest BCUT2D eigenvalue weighted by Crippen LogP contribution is -2.37. The third-order valence-electron chi connectivity index (χ3n) is 5.60. The van der Waals surface area contributed by atoms with Gasteiger partial charge in [-0.05, 0) is 39.4 Å². The molecule has 0 aromatic heterocycles. The van der Waals surface area contributed by atoms with Gasteiger partial charge >= 0.3 is 11.9 Å². The number of benzene rings is 1. The number of carbonyl (C=O) groups excluding carboxylic acids is 2. The van der Waals surface area contributed by atoms with Gasteiger partial charge in [0.15, 0.2) is 0 Å². The number of non-ortho nitro benzene ring substituents is 1. The summed E-state index contributed by atoms with van der Waals surface area (Å²) in [6.07, 6.45) is 0. The Hall–Kier alpha value is -2.72. The molecule has 0 saturated carbocycles. The van der Waals surface area contributed by atoms with Crippen molar-refractivity contribution in [1.82, 2.24) is 4.90 Å². The molecule has 2 atom stereocenters. The maximum atomic E-state index is 13.2. The predicted octanol–water partition coefficient (Wildman–Crippen LogP) is 4.18. The summed E-state index contributed by atoms with van der Waals surface area (Å²) in [5.74, 6) is -1.62. The highest BCUT2D eigenvalue weighted by atomic mass is 32.2. The first-order valence-corrected chi connectivity index (χ1v) is 12.6. The lowest BCUT2D eigenvalue weighted by Gasteiger charge is -2.32. The second kappa shape index (κ2) is 13.2. The van der Waals surface area contributed by atoms with E-state index in [-0.39, 0.29) is 24.5 Å². The van der Waals surface area contributed by atoms with Gasteiger partial charge in [0.1, 0.15) is 5.92 Å². The average Bonchev–Trinajstić information content (AvgIpc) is 2.81. The van der Waals surface area contributed by atoms with Crippen molar-refractivity contribution >= 4 is 35.1 Å². The fourth-order valence-electron chi connectivity index (χ4n) is 3.90. The van der Waals surface area contributed by atoms with Gasteiger partial charge in [-0.2, -0.15) is 0 Å². The fourth-order valence-corrected chi connectivity index (χ4v) is 5.03. The van der Waals surface area contributed by atoms with Crippen molar-refractivity contribution in [3.8, 4) is 0 Å². The van der Waals surface area contributed by atoms with E-state index in [0.717, 1.165) is 19.0 Å². The molecule has 1 aromatic carbocycles. The number of aliphatic imine (C=N–C) groups is 1. The van der Waals surface area contributed by atoms with Crippen molar-refractivity contribution in [1.29, 1.82) is 0 Å². The van der Waals surface area contributed by atoms with E-state index in [9.17, 15) is 19.7 Å². The minimum Gasteiger partial charge on any atom is -0.465 e. The number of hydrogen-bond acceptors (Lipinski definition) is 9. The molecule has 0 bridgehead atoms. The lowest BCUT2D eigenvalue weighted by molar-refractivity contribution is -0.384. The zero-order chi connectivity index (χ0) is 25.3. The third kappa shape index (κ3) is 6.66. The molecule has 0 N–H and O–H groups in total. The van der Waals surface area contributed by atoms with Crippen LogP contribution < -0.4 is 0 Å². The van der Waals surface area contributed by atoms with Gasteiger partial charge in [0.05, 0.1) is 29.4 Å². The third-order valence-corrected chi connectivity index (χ3v) is 6.63. The van der Waals surface area contributed by atoms with Crippen molar-refractivity contribution in [2.24, 2.45) is 10.9 Å². The number of nitrogens with zero attached hydrogens (tertiary/aromatic N) is 3. The molecular weight excluding hydrogens is 458 g/mol. The zero-order valence-electron chi connectivity index (χ0n) is 20.4. The van der Waals surface area contributed by atoms with Crippen LogP contribution in [0.5, 0.6) is 0 Å². The van der Waals surface area contributed by atoms with Crippen LogP contribution in [0.2, 0.25) is 0 Å². The Kier molecular flexibility index (Phi) is 10.7. The highest BCUT2D eigenvalue weighted by molar-refractivity contribution is 7.99. The van der Waals surface area contributed by atoms with Crippen LogP contribution in [0.25, 0.3) is 0 Å². The van der Waals surface area contributed by atoms with Gasteiger partial charge in [0, 0.05) is 35.4 Å². The molecule has 2 unspecified atom stereocenters. The number of esters is 2. The first-order valence-electron chi connectivity index (χ1n) is 11.4. The summed E-state index contributed by atoms with van der Waals surface area (Å²) < 4.78 is 10.7. The lowest BCUT2D eigenvalue weighted by atomic mass is 9.75. The number of nitro benzene ring substituents is 1. The maximum absolute atomic E-state index is 13.2. The number of ether oxygens (including phenoxy) is 2. The van der Waals surface area contributed by atoms with Gasteiger partial charge in [-0.1, -0.05) is 26.0 Å². The van der Waals surface area contributed by atoms with Crippen LogP contribution in [0.1, 0.15) is 46.1 Å². The standard InChI is InChI=1S/C24H33N3O6S/c1-6-26(7-2)15-34-14-19-22(24(29)33-9-4)21(17-11-10-12-18(13-17)27(30)31)20(16(5)25-19)23(28)32-8-3/h10-13,20-21H,6-9,14-15H2,1-5H3. The fraction of sp³-hybridized carbons (Fsp3) is 0.542. The predicted molar refractivity (Wildman–Crippen MR) is 133 cm³/mol. The van der Waals surface area contributed by atoms with Crippen molar-refractivity contribution in [3.63, 3.8) is 0 Å². The van der Waals surface area contributed by atoms with Crippen LogP contribution in [-0.2, 0) is 19.1 Å². The van der Waals surface area contributed by atoms with Gasteiger partial charge in [0.2, 0.25) is 0 Å². The van der Waals surface area contributed by atoms with Crippen molar-refractivity contribution < 1.29 is 24.0 Å². The van der Waals surface area contributed by atoms with Crippen molar-refractivity contribution in [3.05, 3.63) is 51.2 Å². The van der Waals surface area contributed by atoms with Gasteiger partial charge < -0.3 is 9.47 Å². The minimum atomic E-state index is -0.891. The van der Waals surface area contributed by atoms with Gasteiger partial charge in [-0.15, -0.1) is 11.8 Å². The summed E-state index contributed by atoms with van der Waals surface area (Å²) in [5, 5.41) is 11.4. The van der Waals surface area contributed by atoms with Crippen LogP contribution in [-0.4, -0.2) is 65.4 Å². The number of thioether (sulfide) groups is 1. The van der Waals surface area contributed by atoms with E-state index in [1.165, 1.54) is 12.1 Å². The molecule has 0 spiro atoms. The molecule has 0 aliphatic carbocycles. The van der Waals surface area contributed by atoms with Crippen LogP contribution in [0.3, 0.4) is 0 Å². The molecule has 34 heavy (non-hydrogen) atoms. The Morgan fingerprint density at radius 3 is 2.41 bits per heavy atom. The average molecular weight is 492 g/mol. The molecule has 0 saturated heterocycles. The normalized spacial score (nSPS) is 18.0. The Labute approximate surface area is 204 Å². The molecule has 9 nitrogen and oxygen atoms in total. The highest BCUT2D eigenvalue weighted by Gasteiger charge is 2.43. The van der Waals surface area contributed by atoms with Crippen LogP contribution >= 0.6 is 11.8 Å². The molecule has 1 aliphatic rings. The second-order valence-electron chi connectivity index (χ2n) is 7.67. The zero-order valence-corrected chi connectivity index (χ0v) is 21.2. The van der Waals surface area contributed by atoms with Gasteiger partial charge in [-0.3, -0.25) is 24.8 Å². The van der Waals surface area contributed by atoms with E-state index in [4.69, 9.17) is 9.47 Å². The molecule has 1 aliphatic heterocycles.